The monoisotopic (exact) mass is 269 g/mol. The minimum Gasteiger partial charge on any atom is -0.481 e. The first kappa shape index (κ1) is 11.9. The van der Waals surface area contributed by atoms with Crippen LogP contribution in [0.4, 0.5) is 0 Å². The molecule has 7 heteroatoms. The molecule has 3 rings (SSSR count). The van der Waals surface area contributed by atoms with Gasteiger partial charge in [0.1, 0.15) is 0 Å². The average Bonchev–Trinajstić information content (AvgIpc) is 3.05. The van der Waals surface area contributed by atoms with Gasteiger partial charge in [0.15, 0.2) is 15.7 Å². The SMILES string of the molecule is COc1nc(C2(N)CC2)nc2c1CCS(=O)(=O)C2. The summed E-state index contributed by atoms with van der Waals surface area (Å²) < 4.78 is 28.6. The highest BCUT2D eigenvalue weighted by Crippen LogP contribution is 2.42. The maximum absolute atomic E-state index is 11.7. The highest BCUT2D eigenvalue weighted by atomic mass is 32.2. The van der Waals surface area contributed by atoms with E-state index in [0.717, 1.165) is 18.4 Å². The summed E-state index contributed by atoms with van der Waals surface area (Å²) in [6.45, 7) is 0. The molecule has 1 aromatic heterocycles. The van der Waals surface area contributed by atoms with Crippen LogP contribution in [-0.2, 0) is 27.5 Å². The lowest BCUT2D eigenvalue weighted by molar-refractivity contribution is 0.385. The maximum atomic E-state index is 11.7. The van der Waals surface area contributed by atoms with E-state index in [1.54, 1.807) is 0 Å². The Morgan fingerprint density at radius 1 is 1.33 bits per heavy atom. The van der Waals surface area contributed by atoms with Crippen molar-refractivity contribution >= 4 is 9.84 Å². The molecule has 0 radical (unpaired) electrons. The minimum atomic E-state index is -3.05. The van der Waals surface area contributed by atoms with Gasteiger partial charge in [-0.1, -0.05) is 0 Å². The largest absolute Gasteiger partial charge is 0.481 e. The minimum absolute atomic E-state index is 0.0374. The van der Waals surface area contributed by atoms with Gasteiger partial charge >= 0.3 is 0 Å². The molecule has 6 nitrogen and oxygen atoms in total. The molecule has 98 valence electrons. The summed E-state index contributed by atoms with van der Waals surface area (Å²) in [5, 5.41) is 0. The van der Waals surface area contributed by atoms with Crippen molar-refractivity contribution in [3.05, 3.63) is 17.1 Å². The Morgan fingerprint density at radius 2 is 2.06 bits per heavy atom. The van der Waals surface area contributed by atoms with E-state index in [-0.39, 0.29) is 11.5 Å². The Bertz CT molecular complexity index is 608. The van der Waals surface area contributed by atoms with Gasteiger partial charge in [-0.25, -0.2) is 13.4 Å². The lowest BCUT2D eigenvalue weighted by atomic mass is 10.1. The molecule has 0 unspecified atom stereocenters. The van der Waals surface area contributed by atoms with E-state index in [0.29, 0.717) is 23.8 Å². The zero-order valence-corrected chi connectivity index (χ0v) is 11.0. The second kappa shape index (κ2) is 3.64. The third kappa shape index (κ3) is 1.87. The third-order valence-electron chi connectivity index (χ3n) is 3.50. The zero-order valence-electron chi connectivity index (χ0n) is 10.1. The van der Waals surface area contributed by atoms with Crippen molar-refractivity contribution in [1.82, 2.24) is 9.97 Å². The van der Waals surface area contributed by atoms with Crippen LogP contribution in [0.25, 0.3) is 0 Å². The molecule has 1 aliphatic carbocycles. The van der Waals surface area contributed by atoms with Crippen LogP contribution in [0.1, 0.15) is 29.9 Å². The van der Waals surface area contributed by atoms with Crippen LogP contribution in [0, 0.1) is 0 Å². The summed E-state index contributed by atoms with van der Waals surface area (Å²) in [6, 6.07) is 0. The van der Waals surface area contributed by atoms with Gasteiger partial charge in [-0.15, -0.1) is 0 Å². The van der Waals surface area contributed by atoms with E-state index in [1.807, 2.05) is 0 Å². The van der Waals surface area contributed by atoms with Crippen molar-refractivity contribution in [2.45, 2.75) is 30.6 Å². The van der Waals surface area contributed by atoms with Crippen LogP contribution in [-0.4, -0.2) is 31.2 Å². The van der Waals surface area contributed by atoms with Crippen LogP contribution < -0.4 is 10.5 Å². The predicted molar refractivity (Wildman–Crippen MR) is 64.9 cm³/mol. The van der Waals surface area contributed by atoms with E-state index in [9.17, 15) is 8.42 Å². The number of nitrogens with zero attached hydrogens (tertiary/aromatic N) is 2. The van der Waals surface area contributed by atoms with E-state index < -0.39 is 15.4 Å². The van der Waals surface area contributed by atoms with Gasteiger partial charge in [0.25, 0.3) is 0 Å². The predicted octanol–water partition coefficient (Wildman–Crippen LogP) is -0.0961. The smallest absolute Gasteiger partial charge is 0.220 e. The Kier molecular flexibility index (Phi) is 2.40. The summed E-state index contributed by atoms with van der Waals surface area (Å²) in [7, 11) is -1.52. The fourth-order valence-corrected chi connectivity index (χ4v) is 3.48. The van der Waals surface area contributed by atoms with Crippen molar-refractivity contribution < 1.29 is 13.2 Å². The molecule has 18 heavy (non-hydrogen) atoms. The normalized spacial score (nSPS) is 23.2. The number of aromatic nitrogens is 2. The molecule has 1 saturated carbocycles. The Balaban J connectivity index is 2.13. The lowest BCUT2D eigenvalue weighted by Crippen LogP contribution is -2.27. The molecule has 0 amide bonds. The van der Waals surface area contributed by atoms with Gasteiger partial charge in [-0.2, -0.15) is 4.98 Å². The highest BCUT2D eigenvalue weighted by Gasteiger charge is 2.44. The summed E-state index contributed by atoms with van der Waals surface area (Å²) >= 11 is 0. The first-order valence-electron chi connectivity index (χ1n) is 5.87. The van der Waals surface area contributed by atoms with E-state index >= 15 is 0 Å². The molecule has 2 heterocycles. The molecule has 1 aliphatic heterocycles. The molecule has 0 spiro atoms. The molecule has 1 aromatic rings. The fraction of sp³-hybridized carbons (Fsp3) is 0.636. The summed E-state index contributed by atoms with van der Waals surface area (Å²) in [5.41, 5.74) is 6.94. The number of fused-ring (bicyclic) bond motifs is 1. The van der Waals surface area contributed by atoms with Crippen molar-refractivity contribution in [1.29, 1.82) is 0 Å². The van der Waals surface area contributed by atoms with Crippen molar-refractivity contribution in [3.63, 3.8) is 0 Å². The average molecular weight is 269 g/mol. The number of rotatable bonds is 2. The highest BCUT2D eigenvalue weighted by molar-refractivity contribution is 7.90. The summed E-state index contributed by atoms with van der Waals surface area (Å²) in [5.74, 6) is 1.08. The van der Waals surface area contributed by atoms with Crippen molar-refractivity contribution in [3.8, 4) is 5.88 Å². The second-order valence-electron chi connectivity index (χ2n) is 4.98. The Morgan fingerprint density at radius 3 is 2.67 bits per heavy atom. The third-order valence-corrected chi connectivity index (χ3v) is 5.04. The van der Waals surface area contributed by atoms with Crippen LogP contribution in [0.15, 0.2) is 0 Å². The second-order valence-corrected chi connectivity index (χ2v) is 7.16. The van der Waals surface area contributed by atoms with Gasteiger partial charge in [0.05, 0.1) is 29.8 Å². The molecule has 2 N–H and O–H groups in total. The molecular formula is C11H15N3O3S. The first-order chi connectivity index (χ1) is 8.43. The first-order valence-corrected chi connectivity index (χ1v) is 7.69. The van der Waals surface area contributed by atoms with Crippen molar-refractivity contribution in [2.24, 2.45) is 5.73 Å². The molecule has 2 aliphatic rings. The molecule has 0 bridgehead atoms. The van der Waals surface area contributed by atoms with Crippen molar-refractivity contribution in [2.75, 3.05) is 12.9 Å². The van der Waals surface area contributed by atoms with Gasteiger partial charge in [-0.05, 0) is 19.3 Å². The van der Waals surface area contributed by atoms with Gasteiger partial charge in [-0.3, -0.25) is 0 Å². The topological polar surface area (TPSA) is 95.2 Å². The summed E-state index contributed by atoms with van der Waals surface area (Å²) in [6.07, 6.45) is 2.09. The standard InChI is InChI=1S/C11H15N3O3S/c1-17-9-7-2-5-18(15,16)6-8(7)13-10(14-9)11(12)3-4-11/h2-6,12H2,1H3. The van der Waals surface area contributed by atoms with E-state index in [2.05, 4.69) is 9.97 Å². The molecule has 0 atom stereocenters. The number of methoxy groups -OCH3 is 1. The maximum Gasteiger partial charge on any atom is 0.220 e. The van der Waals surface area contributed by atoms with Crippen LogP contribution in [0.5, 0.6) is 5.88 Å². The van der Waals surface area contributed by atoms with Gasteiger partial charge in [0, 0.05) is 5.56 Å². The number of ether oxygens (including phenoxy) is 1. The number of hydrogen-bond acceptors (Lipinski definition) is 6. The number of nitrogens with two attached hydrogens (primary N) is 1. The van der Waals surface area contributed by atoms with E-state index in [1.165, 1.54) is 7.11 Å². The number of hydrogen-bond donors (Lipinski definition) is 1. The molecular weight excluding hydrogens is 254 g/mol. The molecule has 1 fully saturated rings. The molecule has 0 aromatic carbocycles. The number of sulfone groups is 1. The molecule has 0 saturated heterocycles. The fourth-order valence-electron chi connectivity index (χ4n) is 2.17. The van der Waals surface area contributed by atoms with Crippen LogP contribution >= 0.6 is 0 Å². The Labute approximate surface area is 105 Å². The lowest BCUT2D eigenvalue weighted by Gasteiger charge is -2.20. The van der Waals surface area contributed by atoms with Crippen LogP contribution in [0.3, 0.4) is 0 Å². The summed E-state index contributed by atoms with van der Waals surface area (Å²) in [4.78, 5) is 8.69. The van der Waals surface area contributed by atoms with Crippen LogP contribution in [0.2, 0.25) is 0 Å². The zero-order chi connectivity index (χ0) is 13.0. The Hall–Kier alpha value is -1.21. The van der Waals surface area contributed by atoms with E-state index in [4.69, 9.17) is 10.5 Å². The van der Waals surface area contributed by atoms with Gasteiger partial charge < -0.3 is 10.5 Å². The van der Waals surface area contributed by atoms with Gasteiger partial charge in [0.2, 0.25) is 5.88 Å². The quantitative estimate of drug-likeness (QED) is 0.805.